The number of hydrogen-bond donors (Lipinski definition) is 0. The van der Waals surface area contributed by atoms with Gasteiger partial charge >= 0.3 is 0 Å². The maximum atomic E-state index is 5.34. The summed E-state index contributed by atoms with van der Waals surface area (Å²) in [7, 11) is 2.87. The van der Waals surface area contributed by atoms with Crippen LogP contribution in [-0.2, 0) is 11.3 Å². The third-order valence-corrected chi connectivity index (χ3v) is 13.4. The van der Waals surface area contributed by atoms with Crippen molar-refractivity contribution >= 4 is 39.0 Å². The highest BCUT2D eigenvalue weighted by molar-refractivity contribution is 7.60. The van der Waals surface area contributed by atoms with Gasteiger partial charge in [-0.25, -0.2) is 0 Å². The Morgan fingerprint density at radius 3 is 1.57 bits per heavy atom. The van der Waals surface area contributed by atoms with Crippen LogP contribution in [0.5, 0.6) is 0 Å². The molecule has 0 spiro atoms. The topological polar surface area (TPSA) is 25.8 Å². The van der Waals surface area contributed by atoms with E-state index in [4.69, 9.17) is 9.97 Å². The maximum absolute atomic E-state index is 5.34. The normalized spacial score (nSPS) is 12.7. The monoisotopic (exact) mass is 612 g/mol. The van der Waals surface area contributed by atoms with Crippen LogP contribution < -0.4 is 0 Å². The fourth-order valence-electron chi connectivity index (χ4n) is 6.52. The van der Waals surface area contributed by atoms with Crippen molar-refractivity contribution in [2.45, 2.75) is 63.2 Å². The molecule has 44 heavy (non-hydrogen) atoms. The standard InChI is InChI=1S/C40H42N2P2/c1-38(2,3)44(39(4,5)6)27-32-21-20-31(28-14-8-7-9-15-28)26-33(32)40(43,36-24-22-29-16-10-12-18-34(29)41-36)37-25-23-30-17-11-13-19-35(30)42-37/h7-26H,27,43H2,1-6H3. The van der Waals surface area contributed by atoms with Gasteiger partial charge in [0.1, 0.15) is 0 Å². The van der Waals surface area contributed by atoms with Gasteiger partial charge in [0, 0.05) is 10.8 Å². The summed E-state index contributed by atoms with van der Waals surface area (Å²) in [6.07, 6.45) is 1.02. The predicted octanol–water partition coefficient (Wildman–Crippen LogP) is 11.2. The highest BCUT2D eigenvalue weighted by Gasteiger charge is 2.40. The second-order valence-corrected chi connectivity index (χ2v) is 18.5. The average molecular weight is 613 g/mol. The molecule has 0 saturated carbocycles. The Kier molecular flexibility index (Phi) is 8.21. The van der Waals surface area contributed by atoms with Crippen LogP contribution in [-0.4, -0.2) is 20.3 Å². The summed E-state index contributed by atoms with van der Waals surface area (Å²) in [4.78, 5) is 10.7. The first kappa shape index (κ1) is 30.6. The first-order valence-electron chi connectivity index (χ1n) is 15.4. The van der Waals surface area contributed by atoms with E-state index in [1.54, 1.807) is 0 Å². The molecule has 0 aliphatic carbocycles. The van der Waals surface area contributed by atoms with Gasteiger partial charge in [-0.2, -0.15) is 0 Å². The lowest BCUT2D eigenvalue weighted by atomic mass is 9.84. The zero-order valence-electron chi connectivity index (χ0n) is 26.7. The predicted molar refractivity (Wildman–Crippen MR) is 195 cm³/mol. The van der Waals surface area contributed by atoms with Gasteiger partial charge in [0.15, 0.2) is 0 Å². The van der Waals surface area contributed by atoms with Gasteiger partial charge in [-0.15, -0.1) is 9.24 Å². The number of pyridine rings is 2. The van der Waals surface area contributed by atoms with E-state index in [1.165, 1.54) is 22.3 Å². The van der Waals surface area contributed by atoms with Crippen LogP contribution in [0, 0.1) is 0 Å². The van der Waals surface area contributed by atoms with Crippen molar-refractivity contribution in [3.8, 4) is 11.1 Å². The van der Waals surface area contributed by atoms with E-state index in [1.807, 2.05) is 0 Å². The molecule has 0 amide bonds. The second-order valence-electron chi connectivity index (χ2n) is 13.8. The quantitative estimate of drug-likeness (QED) is 0.175. The average Bonchev–Trinajstić information content (AvgIpc) is 3.02. The van der Waals surface area contributed by atoms with Crippen molar-refractivity contribution in [2.75, 3.05) is 0 Å². The highest BCUT2D eigenvalue weighted by atomic mass is 31.1. The minimum atomic E-state index is -0.676. The Bertz CT molecular complexity index is 1840. The number of rotatable bonds is 6. The van der Waals surface area contributed by atoms with Gasteiger partial charge in [0.25, 0.3) is 0 Å². The van der Waals surface area contributed by atoms with E-state index in [-0.39, 0.29) is 10.3 Å². The molecule has 2 heterocycles. The second kappa shape index (κ2) is 11.8. The smallest absolute Gasteiger partial charge is 0.0936 e. The van der Waals surface area contributed by atoms with Crippen LogP contribution in [0.1, 0.15) is 64.1 Å². The van der Waals surface area contributed by atoms with Crippen molar-refractivity contribution in [1.29, 1.82) is 0 Å². The van der Waals surface area contributed by atoms with Crippen LogP contribution in [0.3, 0.4) is 0 Å². The molecule has 4 heteroatoms. The van der Waals surface area contributed by atoms with Crippen molar-refractivity contribution in [1.82, 2.24) is 9.97 Å². The van der Waals surface area contributed by atoms with E-state index >= 15 is 0 Å². The summed E-state index contributed by atoms with van der Waals surface area (Å²) in [5, 5.41) is 1.98. The van der Waals surface area contributed by atoms with Gasteiger partial charge in [-0.05, 0) is 69.1 Å². The molecule has 0 N–H and O–H groups in total. The zero-order chi connectivity index (χ0) is 31.1. The number of benzene rings is 4. The fourth-order valence-corrected chi connectivity index (χ4v) is 10.7. The Morgan fingerprint density at radius 2 is 1.05 bits per heavy atom. The van der Waals surface area contributed by atoms with Crippen molar-refractivity contribution in [3.05, 3.63) is 144 Å². The van der Waals surface area contributed by atoms with E-state index in [2.05, 4.69) is 172 Å². The maximum Gasteiger partial charge on any atom is 0.0936 e. The Morgan fingerprint density at radius 1 is 0.545 bits per heavy atom. The molecule has 0 saturated heterocycles. The summed E-state index contributed by atoms with van der Waals surface area (Å²) in [5.41, 5.74) is 8.96. The zero-order valence-corrected chi connectivity index (χ0v) is 28.7. The molecule has 2 nitrogen and oxygen atoms in total. The van der Waals surface area contributed by atoms with Crippen molar-refractivity contribution in [3.63, 3.8) is 0 Å². The number of aromatic nitrogens is 2. The number of para-hydroxylation sites is 2. The van der Waals surface area contributed by atoms with Gasteiger partial charge in [-0.1, -0.05) is 140 Å². The molecule has 2 aromatic heterocycles. The number of nitrogens with zero attached hydrogens (tertiary/aromatic N) is 2. The van der Waals surface area contributed by atoms with Crippen molar-refractivity contribution < 1.29 is 0 Å². The SMILES string of the molecule is CC(C)(C)P(Cc1ccc(-c2ccccc2)cc1C(P)(c1ccc2ccccc2n1)c1ccc2ccccc2n1)C(C)(C)C. The summed E-state index contributed by atoms with van der Waals surface area (Å²) >= 11 is 0. The van der Waals surface area contributed by atoms with E-state index in [0.717, 1.165) is 39.4 Å². The summed E-state index contributed by atoms with van der Waals surface area (Å²) in [5.74, 6) is 0. The fraction of sp³-hybridized carbons (Fsp3) is 0.250. The molecule has 1 atom stereocenters. The molecule has 0 radical (unpaired) electrons. The largest absolute Gasteiger partial charge is 0.251 e. The van der Waals surface area contributed by atoms with Crippen LogP contribution in [0.2, 0.25) is 0 Å². The summed E-state index contributed by atoms with van der Waals surface area (Å²) < 4.78 is 0. The van der Waals surface area contributed by atoms with Crippen LogP contribution >= 0.6 is 17.2 Å². The minimum Gasteiger partial charge on any atom is -0.251 e. The van der Waals surface area contributed by atoms with Crippen LogP contribution in [0.15, 0.2) is 121 Å². The number of fused-ring (bicyclic) bond motifs is 2. The lowest BCUT2D eigenvalue weighted by Crippen LogP contribution is -2.29. The Hall–Kier alpha value is -3.44. The molecule has 0 bridgehead atoms. The van der Waals surface area contributed by atoms with Crippen LogP contribution in [0.25, 0.3) is 32.9 Å². The Labute approximate surface area is 266 Å². The van der Waals surface area contributed by atoms with Crippen LogP contribution in [0.4, 0.5) is 0 Å². The molecular formula is C40H42N2P2. The molecule has 6 aromatic rings. The molecule has 0 aliphatic rings. The molecule has 4 aromatic carbocycles. The first-order valence-corrected chi connectivity index (χ1v) is 17.5. The van der Waals surface area contributed by atoms with E-state index in [0.29, 0.717) is 0 Å². The van der Waals surface area contributed by atoms with Gasteiger partial charge in [0.2, 0.25) is 0 Å². The molecule has 222 valence electrons. The van der Waals surface area contributed by atoms with Gasteiger partial charge < -0.3 is 0 Å². The minimum absolute atomic E-state index is 0.189. The van der Waals surface area contributed by atoms with E-state index < -0.39 is 13.1 Å². The third kappa shape index (κ3) is 5.96. The molecule has 0 fully saturated rings. The third-order valence-electron chi connectivity index (χ3n) is 8.59. The first-order chi connectivity index (χ1) is 20.9. The lowest BCUT2D eigenvalue weighted by Gasteiger charge is -2.43. The van der Waals surface area contributed by atoms with Gasteiger partial charge in [0.05, 0.1) is 27.6 Å². The molecule has 6 rings (SSSR count). The highest BCUT2D eigenvalue weighted by Crippen LogP contribution is 2.62. The molecule has 0 aliphatic heterocycles. The summed E-state index contributed by atoms with van der Waals surface area (Å²) in [6.45, 7) is 14.5. The molecule has 1 unspecified atom stereocenters. The van der Waals surface area contributed by atoms with Crippen molar-refractivity contribution in [2.24, 2.45) is 0 Å². The van der Waals surface area contributed by atoms with Gasteiger partial charge in [-0.3, -0.25) is 9.97 Å². The van der Waals surface area contributed by atoms with E-state index in [9.17, 15) is 0 Å². The molecular weight excluding hydrogens is 570 g/mol. The summed E-state index contributed by atoms with van der Waals surface area (Å²) in [6, 6.07) is 43.4. The Balaban J connectivity index is 1.67. The number of hydrogen-bond acceptors (Lipinski definition) is 2. The lowest BCUT2D eigenvalue weighted by molar-refractivity contribution is 0.701.